The Morgan fingerprint density at radius 1 is 1.42 bits per heavy atom. The predicted molar refractivity (Wildman–Crippen MR) is 69.9 cm³/mol. The minimum absolute atomic E-state index is 0.0154. The third-order valence-electron chi connectivity index (χ3n) is 3.07. The fraction of sp³-hybridized carbons (Fsp3) is 0.600. The van der Waals surface area contributed by atoms with E-state index in [9.17, 15) is 14.7 Å². The summed E-state index contributed by atoms with van der Waals surface area (Å²) < 4.78 is 1.44. The van der Waals surface area contributed by atoms with E-state index in [2.05, 4.69) is 4.99 Å². The van der Waals surface area contributed by atoms with Gasteiger partial charge in [0.05, 0.1) is 5.88 Å². The highest BCUT2D eigenvalue weighted by molar-refractivity contribution is 6.65. The summed E-state index contributed by atoms with van der Waals surface area (Å²) >= 11 is 11.5. The predicted octanol–water partition coefficient (Wildman–Crippen LogP) is -0.502. The molecule has 19 heavy (non-hydrogen) atoms. The normalized spacial score (nSPS) is 24.9. The van der Waals surface area contributed by atoms with Crippen LogP contribution in [0.25, 0.3) is 0 Å². The number of nitrogens with zero attached hydrogens (tertiary/aromatic N) is 4. The number of β-amino-alcohol motifs (C(OH)–C–C–N with tert-alkyl or cyclic N) is 1. The molecule has 1 fully saturated rings. The van der Waals surface area contributed by atoms with Gasteiger partial charge in [0, 0.05) is 25.7 Å². The summed E-state index contributed by atoms with van der Waals surface area (Å²) in [5.74, 6) is -0.152. The molecule has 104 valence electrons. The van der Waals surface area contributed by atoms with Crippen LogP contribution in [0, 0.1) is 0 Å². The number of amidine groups is 2. The van der Waals surface area contributed by atoms with Gasteiger partial charge in [0.2, 0.25) is 0 Å². The number of halogens is 2. The average Bonchev–Trinajstić information content (AvgIpc) is 2.71. The molecule has 1 N–H and O–H groups in total. The van der Waals surface area contributed by atoms with Gasteiger partial charge in [-0.1, -0.05) is 0 Å². The van der Waals surface area contributed by atoms with Crippen LogP contribution < -0.4 is 0 Å². The van der Waals surface area contributed by atoms with Gasteiger partial charge >= 0.3 is 11.3 Å². The minimum Gasteiger partial charge on any atom is -0.388 e. The number of carbonyl (C=O) groups is 2. The van der Waals surface area contributed by atoms with Crippen molar-refractivity contribution in [3.05, 3.63) is 0 Å². The lowest BCUT2D eigenvalue weighted by Crippen LogP contribution is -2.62. The average molecular weight is 308 g/mol. The fourth-order valence-electron chi connectivity index (χ4n) is 2.03. The second kappa shape index (κ2) is 5.07. The zero-order chi connectivity index (χ0) is 14.3. The van der Waals surface area contributed by atoms with Gasteiger partial charge in [-0.3, -0.25) is 14.6 Å². The van der Waals surface area contributed by atoms with Crippen LogP contribution in [-0.4, -0.2) is 81.2 Å². The van der Waals surface area contributed by atoms with Crippen molar-refractivity contribution in [3.63, 3.8) is 0 Å². The van der Waals surface area contributed by atoms with E-state index in [0.717, 1.165) is 4.90 Å². The molecular formula is C10H13Cl2N4O3+. The number of carbonyl (C=O) groups excluding carboxylic acids is 2. The summed E-state index contributed by atoms with van der Waals surface area (Å²) in [6.07, 6.45) is -0.842. The molecule has 0 saturated carbocycles. The molecule has 0 aromatic carbocycles. The van der Waals surface area contributed by atoms with Crippen molar-refractivity contribution in [1.82, 2.24) is 9.80 Å². The van der Waals surface area contributed by atoms with Crippen LogP contribution in [0.3, 0.4) is 0 Å². The van der Waals surface area contributed by atoms with E-state index in [1.165, 1.54) is 23.6 Å². The summed E-state index contributed by atoms with van der Waals surface area (Å²) in [5, 5.41) is 9.66. The Hall–Kier alpha value is -1.18. The molecule has 0 bridgehead atoms. The third kappa shape index (κ3) is 2.22. The van der Waals surface area contributed by atoms with Crippen LogP contribution in [0.1, 0.15) is 0 Å². The molecule has 0 spiro atoms. The quantitative estimate of drug-likeness (QED) is 0.434. The first kappa shape index (κ1) is 14.2. The lowest BCUT2D eigenvalue weighted by atomic mass is 10.1. The standard InChI is InChI=1S/C10H13Cl2N4O3/c1-14-7-6(8(18)15(2)10(14)19)16(9(12)13-7)4-5(17)3-11/h5-6,17H,3-4H2,1-2H3/q+1. The molecule has 2 atom stereocenters. The maximum atomic E-state index is 12.2. The van der Waals surface area contributed by atoms with Crippen LogP contribution in [-0.2, 0) is 4.79 Å². The number of aliphatic hydroxyl groups excluding tert-OH is 1. The molecule has 0 aromatic rings. The van der Waals surface area contributed by atoms with E-state index in [1.54, 1.807) is 0 Å². The summed E-state index contributed by atoms with van der Waals surface area (Å²) in [6.45, 7) is 0.0710. The summed E-state index contributed by atoms with van der Waals surface area (Å²) in [6, 6.07) is -1.26. The van der Waals surface area contributed by atoms with Gasteiger partial charge in [0.1, 0.15) is 12.6 Å². The molecule has 7 nitrogen and oxygen atoms in total. The number of hydrogen-bond acceptors (Lipinski definition) is 4. The van der Waals surface area contributed by atoms with Crippen LogP contribution in [0.5, 0.6) is 0 Å². The van der Waals surface area contributed by atoms with Gasteiger partial charge in [0.25, 0.3) is 17.8 Å². The van der Waals surface area contributed by atoms with Gasteiger partial charge in [-0.15, -0.1) is 11.6 Å². The van der Waals surface area contributed by atoms with E-state index in [-0.39, 0.29) is 23.6 Å². The number of rotatable bonds is 3. The van der Waals surface area contributed by atoms with Crippen LogP contribution in [0.4, 0.5) is 4.79 Å². The number of amides is 3. The van der Waals surface area contributed by atoms with Crippen molar-refractivity contribution in [2.75, 3.05) is 26.5 Å². The van der Waals surface area contributed by atoms with E-state index in [4.69, 9.17) is 23.2 Å². The lowest BCUT2D eigenvalue weighted by molar-refractivity contribution is -0.540. The van der Waals surface area contributed by atoms with Crippen molar-refractivity contribution < 1.29 is 19.3 Å². The molecular weight excluding hydrogens is 295 g/mol. The minimum atomic E-state index is -0.842. The highest BCUT2D eigenvalue weighted by atomic mass is 35.5. The molecule has 2 aliphatic heterocycles. The molecule has 9 heteroatoms. The number of aliphatic imine (C=N–C) groups is 1. The molecule has 3 amide bonds. The smallest absolute Gasteiger partial charge is 0.388 e. The largest absolute Gasteiger partial charge is 0.394 e. The van der Waals surface area contributed by atoms with E-state index < -0.39 is 24.1 Å². The highest BCUT2D eigenvalue weighted by Gasteiger charge is 2.53. The summed E-state index contributed by atoms with van der Waals surface area (Å²) in [4.78, 5) is 30.2. The number of hydrogen-bond donors (Lipinski definition) is 1. The molecule has 2 unspecified atom stereocenters. The molecule has 2 aliphatic rings. The SMILES string of the molecule is CN1C(=O)C2C(=NC(Cl)=[N+]2CC(O)CCl)N(C)C1=O. The zero-order valence-corrected chi connectivity index (χ0v) is 11.9. The highest BCUT2D eigenvalue weighted by Crippen LogP contribution is 2.20. The summed E-state index contributed by atoms with van der Waals surface area (Å²) in [7, 11) is 2.91. The zero-order valence-electron chi connectivity index (χ0n) is 10.4. The Morgan fingerprint density at radius 2 is 2.05 bits per heavy atom. The van der Waals surface area contributed by atoms with Gasteiger partial charge < -0.3 is 5.11 Å². The van der Waals surface area contributed by atoms with Gasteiger partial charge in [-0.2, -0.15) is 0 Å². The Kier molecular flexibility index (Phi) is 3.80. The number of alkyl halides is 1. The summed E-state index contributed by atoms with van der Waals surface area (Å²) in [5.41, 5.74) is 0. The lowest BCUT2D eigenvalue weighted by Gasteiger charge is -2.30. The second-order valence-corrected chi connectivity index (χ2v) is 4.99. The van der Waals surface area contributed by atoms with E-state index >= 15 is 0 Å². The van der Waals surface area contributed by atoms with Crippen LogP contribution >= 0.6 is 23.2 Å². The molecule has 0 aliphatic carbocycles. The van der Waals surface area contributed by atoms with Gasteiger partial charge in [-0.25, -0.2) is 9.37 Å². The maximum Gasteiger partial charge on any atom is 0.394 e. The van der Waals surface area contributed by atoms with Crippen LogP contribution in [0.15, 0.2) is 4.99 Å². The Bertz CT molecular complexity index is 505. The maximum absolute atomic E-state index is 12.2. The monoisotopic (exact) mass is 307 g/mol. The first-order chi connectivity index (χ1) is 8.88. The van der Waals surface area contributed by atoms with Crippen molar-refractivity contribution in [2.45, 2.75) is 12.1 Å². The van der Waals surface area contributed by atoms with Gasteiger partial charge in [-0.05, 0) is 4.99 Å². The molecule has 1 saturated heterocycles. The van der Waals surface area contributed by atoms with E-state index in [0.29, 0.717) is 0 Å². The van der Waals surface area contributed by atoms with Crippen molar-refractivity contribution in [2.24, 2.45) is 4.99 Å². The number of imide groups is 1. The third-order valence-corrected chi connectivity index (χ3v) is 3.73. The number of likely N-dealkylation sites (N-methyl/N-ethyl adjacent to an activating group) is 2. The molecule has 2 rings (SSSR count). The molecule has 2 heterocycles. The van der Waals surface area contributed by atoms with Crippen molar-refractivity contribution in [3.8, 4) is 0 Å². The first-order valence-electron chi connectivity index (χ1n) is 5.55. The number of fused-ring (bicyclic) bond motifs is 1. The molecule has 0 aromatic heterocycles. The number of urea groups is 1. The van der Waals surface area contributed by atoms with Gasteiger partial charge in [0.15, 0.2) is 0 Å². The second-order valence-electron chi connectivity index (χ2n) is 4.34. The van der Waals surface area contributed by atoms with Crippen LogP contribution in [0.2, 0.25) is 0 Å². The fourth-order valence-corrected chi connectivity index (χ4v) is 2.38. The Balaban J connectivity index is 2.34. The Morgan fingerprint density at radius 3 is 2.63 bits per heavy atom. The first-order valence-corrected chi connectivity index (χ1v) is 6.46. The topological polar surface area (TPSA) is 76.2 Å². The molecule has 0 radical (unpaired) electrons. The van der Waals surface area contributed by atoms with E-state index in [1.807, 2.05) is 0 Å². The number of aliphatic hydroxyl groups is 1. The van der Waals surface area contributed by atoms with Crippen molar-refractivity contribution in [1.29, 1.82) is 0 Å². The van der Waals surface area contributed by atoms with Crippen molar-refractivity contribution >= 4 is 46.3 Å². The Labute approximate surface area is 119 Å².